The predicted molar refractivity (Wildman–Crippen MR) is 135 cm³/mol. The van der Waals surface area contributed by atoms with E-state index in [2.05, 4.69) is 50.2 Å². The van der Waals surface area contributed by atoms with Crippen LogP contribution in [0.4, 0.5) is 0 Å². The molecule has 0 bridgehead atoms. The Hall–Kier alpha value is -2.99. The lowest BCUT2D eigenvalue weighted by Crippen LogP contribution is -2.17. The standard InChI is InChI=1S/C28H37NO5/c1-19(2)11-13-29-14-12-21(5)27(29)26-16-22-9-10-24(17-25(22)34-26)33-18-23(30)8-6-7-15-32-28(31)20(3)4/h9-10,12,14,16-17,19,23,30H,3,6-8,11,13,15,18H2,1-2,4-5H3. The summed E-state index contributed by atoms with van der Waals surface area (Å²) in [6.45, 7) is 13.2. The first-order valence-electron chi connectivity index (χ1n) is 12.1. The molecule has 0 aliphatic carbocycles. The van der Waals surface area contributed by atoms with Crippen LogP contribution in [0.5, 0.6) is 5.75 Å². The molecule has 0 fully saturated rings. The van der Waals surface area contributed by atoms with E-state index in [1.807, 2.05) is 18.2 Å². The lowest BCUT2D eigenvalue weighted by Gasteiger charge is -2.12. The van der Waals surface area contributed by atoms with E-state index in [0.717, 1.165) is 41.8 Å². The molecular weight excluding hydrogens is 430 g/mol. The number of carbonyl (C=O) groups is 1. The minimum absolute atomic E-state index is 0.196. The second kappa shape index (κ2) is 11.9. The Bertz CT molecular complexity index is 1110. The van der Waals surface area contributed by atoms with E-state index in [4.69, 9.17) is 13.9 Å². The van der Waals surface area contributed by atoms with Gasteiger partial charge in [-0.2, -0.15) is 0 Å². The van der Waals surface area contributed by atoms with E-state index in [-0.39, 0.29) is 12.6 Å². The van der Waals surface area contributed by atoms with Crippen molar-refractivity contribution in [3.63, 3.8) is 0 Å². The minimum atomic E-state index is -0.591. The number of hydrogen-bond acceptors (Lipinski definition) is 5. The predicted octanol–water partition coefficient (Wildman–Crippen LogP) is 6.29. The second-order valence-corrected chi connectivity index (χ2v) is 9.41. The van der Waals surface area contributed by atoms with E-state index in [1.54, 1.807) is 6.92 Å². The number of ether oxygens (including phenoxy) is 2. The smallest absolute Gasteiger partial charge is 0.333 e. The second-order valence-electron chi connectivity index (χ2n) is 9.41. The highest BCUT2D eigenvalue weighted by atomic mass is 16.5. The van der Waals surface area contributed by atoms with Gasteiger partial charge in [0.25, 0.3) is 0 Å². The Labute approximate surface area is 202 Å². The molecule has 1 atom stereocenters. The van der Waals surface area contributed by atoms with Crippen molar-refractivity contribution in [3.8, 4) is 17.2 Å². The zero-order chi connectivity index (χ0) is 24.7. The van der Waals surface area contributed by atoms with Crippen molar-refractivity contribution in [3.05, 3.63) is 54.2 Å². The van der Waals surface area contributed by atoms with Crippen molar-refractivity contribution in [2.45, 2.75) is 66.0 Å². The van der Waals surface area contributed by atoms with Crippen molar-refractivity contribution < 1.29 is 23.8 Å². The van der Waals surface area contributed by atoms with Crippen molar-refractivity contribution >= 4 is 16.9 Å². The summed E-state index contributed by atoms with van der Waals surface area (Å²) in [4.78, 5) is 11.3. The van der Waals surface area contributed by atoms with Crippen molar-refractivity contribution in [1.29, 1.82) is 0 Å². The molecule has 0 radical (unpaired) electrons. The van der Waals surface area contributed by atoms with E-state index in [9.17, 15) is 9.90 Å². The monoisotopic (exact) mass is 467 g/mol. The van der Waals surface area contributed by atoms with Crippen LogP contribution >= 0.6 is 0 Å². The van der Waals surface area contributed by atoms with E-state index >= 15 is 0 Å². The minimum Gasteiger partial charge on any atom is -0.491 e. The number of aromatic nitrogens is 1. The van der Waals surface area contributed by atoms with Gasteiger partial charge in [-0.1, -0.05) is 20.4 Å². The summed E-state index contributed by atoms with van der Waals surface area (Å²) in [5.74, 6) is 1.78. The largest absolute Gasteiger partial charge is 0.491 e. The Kier molecular flexibility index (Phi) is 8.99. The van der Waals surface area contributed by atoms with Crippen LogP contribution in [0.3, 0.4) is 0 Å². The average Bonchev–Trinajstić information content (AvgIpc) is 3.37. The van der Waals surface area contributed by atoms with Gasteiger partial charge in [-0.3, -0.25) is 0 Å². The lowest BCUT2D eigenvalue weighted by atomic mass is 10.1. The first-order valence-corrected chi connectivity index (χ1v) is 12.1. The summed E-state index contributed by atoms with van der Waals surface area (Å²) in [6.07, 6.45) is 4.65. The highest BCUT2D eigenvalue weighted by molar-refractivity contribution is 5.87. The number of unbranched alkanes of at least 4 members (excludes halogenated alkanes) is 1. The van der Waals surface area contributed by atoms with Crippen LogP contribution in [0.25, 0.3) is 22.4 Å². The zero-order valence-corrected chi connectivity index (χ0v) is 20.8. The lowest BCUT2D eigenvalue weighted by molar-refractivity contribution is -0.139. The van der Waals surface area contributed by atoms with Gasteiger partial charge in [0.15, 0.2) is 5.76 Å². The maximum Gasteiger partial charge on any atom is 0.333 e. The van der Waals surface area contributed by atoms with Gasteiger partial charge < -0.3 is 23.6 Å². The SMILES string of the molecule is C=C(C)C(=O)OCCCCC(O)COc1ccc2cc(-c3c(C)ccn3CCC(C)C)oc2c1. The third kappa shape index (κ3) is 7.00. The van der Waals surface area contributed by atoms with Gasteiger partial charge in [-0.05, 0) is 75.3 Å². The van der Waals surface area contributed by atoms with Crippen LogP contribution in [0.15, 0.2) is 53.1 Å². The Morgan fingerprint density at radius 2 is 1.97 bits per heavy atom. The summed E-state index contributed by atoms with van der Waals surface area (Å²) >= 11 is 0. The average molecular weight is 468 g/mol. The van der Waals surface area contributed by atoms with Crippen molar-refractivity contribution in [1.82, 2.24) is 4.57 Å². The van der Waals surface area contributed by atoms with Gasteiger partial charge in [-0.15, -0.1) is 0 Å². The number of aliphatic hydroxyl groups excluding tert-OH is 1. The summed E-state index contributed by atoms with van der Waals surface area (Å²) in [5.41, 5.74) is 3.46. The van der Waals surface area contributed by atoms with Crippen LogP contribution in [0.2, 0.25) is 0 Å². The molecule has 1 aromatic carbocycles. The molecular formula is C28H37NO5. The molecule has 2 aromatic heterocycles. The zero-order valence-electron chi connectivity index (χ0n) is 20.8. The molecule has 0 aliphatic rings. The van der Waals surface area contributed by atoms with E-state index in [1.165, 1.54) is 5.56 Å². The number of benzene rings is 1. The van der Waals surface area contributed by atoms with Crippen molar-refractivity contribution in [2.24, 2.45) is 5.92 Å². The number of rotatable bonds is 13. The molecule has 6 heteroatoms. The Balaban J connectivity index is 1.54. The number of aliphatic hydroxyl groups is 1. The topological polar surface area (TPSA) is 73.8 Å². The van der Waals surface area contributed by atoms with Gasteiger partial charge >= 0.3 is 5.97 Å². The molecule has 1 unspecified atom stereocenters. The fraction of sp³-hybridized carbons (Fsp3) is 0.464. The number of hydrogen-bond donors (Lipinski definition) is 1. The number of furan rings is 1. The highest BCUT2D eigenvalue weighted by Gasteiger charge is 2.15. The fourth-order valence-electron chi connectivity index (χ4n) is 3.77. The molecule has 0 amide bonds. The van der Waals surface area contributed by atoms with Crippen LogP contribution in [-0.4, -0.2) is 35.0 Å². The fourth-order valence-corrected chi connectivity index (χ4v) is 3.77. The van der Waals surface area contributed by atoms with Crippen LogP contribution < -0.4 is 4.74 Å². The maximum absolute atomic E-state index is 11.3. The molecule has 0 saturated heterocycles. The summed E-state index contributed by atoms with van der Waals surface area (Å²) < 4.78 is 19.3. The molecule has 0 spiro atoms. The maximum atomic E-state index is 11.3. The molecule has 2 heterocycles. The number of aryl methyl sites for hydroxylation is 2. The van der Waals surface area contributed by atoms with E-state index < -0.39 is 6.10 Å². The molecule has 184 valence electrons. The molecule has 34 heavy (non-hydrogen) atoms. The first kappa shape index (κ1) is 25.6. The molecule has 0 saturated carbocycles. The molecule has 3 rings (SSSR count). The number of fused-ring (bicyclic) bond motifs is 1. The molecule has 1 N–H and O–H groups in total. The number of carbonyl (C=O) groups excluding carboxylic acids is 1. The normalized spacial score (nSPS) is 12.3. The first-order chi connectivity index (χ1) is 16.2. The third-order valence-corrected chi connectivity index (χ3v) is 5.79. The van der Waals surface area contributed by atoms with Crippen LogP contribution in [0.1, 0.15) is 52.0 Å². The third-order valence-electron chi connectivity index (χ3n) is 5.79. The van der Waals surface area contributed by atoms with Crippen molar-refractivity contribution in [2.75, 3.05) is 13.2 Å². The summed E-state index contributed by atoms with van der Waals surface area (Å²) in [7, 11) is 0. The Morgan fingerprint density at radius 1 is 1.18 bits per heavy atom. The van der Waals surface area contributed by atoms with Gasteiger partial charge in [-0.25, -0.2) is 4.79 Å². The quantitative estimate of drug-likeness (QED) is 0.182. The van der Waals surface area contributed by atoms with E-state index in [0.29, 0.717) is 36.7 Å². The van der Waals surface area contributed by atoms with Gasteiger partial charge in [0.05, 0.1) is 18.4 Å². The number of esters is 1. The molecule has 0 aliphatic heterocycles. The van der Waals surface area contributed by atoms with Crippen LogP contribution in [-0.2, 0) is 16.1 Å². The summed E-state index contributed by atoms with van der Waals surface area (Å²) in [5, 5.41) is 11.2. The van der Waals surface area contributed by atoms with Gasteiger partial charge in [0, 0.05) is 29.8 Å². The summed E-state index contributed by atoms with van der Waals surface area (Å²) in [6, 6.07) is 9.96. The van der Waals surface area contributed by atoms with Crippen LogP contribution in [0, 0.1) is 12.8 Å². The van der Waals surface area contributed by atoms with Gasteiger partial charge in [0.1, 0.15) is 17.9 Å². The molecule has 6 nitrogen and oxygen atoms in total. The Morgan fingerprint density at radius 3 is 2.71 bits per heavy atom. The van der Waals surface area contributed by atoms with Gasteiger partial charge in [0.2, 0.25) is 0 Å². The molecule has 3 aromatic rings. The number of nitrogens with zero attached hydrogens (tertiary/aromatic N) is 1. The highest BCUT2D eigenvalue weighted by Crippen LogP contribution is 2.33.